The minimum Gasteiger partial charge on any atom is -0.349 e. The highest BCUT2D eigenvalue weighted by Gasteiger charge is 2.32. The van der Waals surface area contributed by atoms with Crippen molar-refractivity contribution in [1.29, 1.82) is 0 Å². The predicted molar refractivity (Wildman–Crippen MR) is 126 cm³/mol. The molecule has 0 saturated carbocycles. The van der Waals surface area contributed by atoms with Crippen LogP contribution in [0, 0.1) is 6.92 Å². The third-order valence-corrected chi connectivity index (χ3v) is 8.44. The number of fused-ring (bicyclic) bond motifs is 1. The lowest BCUT2D eigenvalue weighted by molar-refractivity contribution is 0.0938. The van der Waals surface area contributed by atoms with Gasteiger partial charge in [0.1, 0.15) is 5.51 Å². The van der Waals surface area contributed by atoms with E-state index in [0.717, 1.165) is 16.7 Å². The first kappa shape index (κ1) is 22.7. The van der Waals surface area contributed by atoms with E-state index >= 15 is 0 Å². The maximum Gasteiger partial charge on any atom is 0.266 e. The lowest BCUT2D eigenvalue weighted by Gasteiger charge is -2.25. The molecular formula is C22H23ClN4O3S2. The number of anilines is 1. The van der Waals surface area contributed by atoms with Crippen LogP contribution >= 0.6 is 22.9 Å². The Kier molecular flexibility index (Phi) is 6.24. The number of benzene rings is 2. The summed E-state index contributed by atoms with van der Waals surface area (Å²) < 4.78 is 28.0. The van der Waals surface area contributed by atoms with E-state index in [1.807, 2.05) is 13.0 Å². The lowest BCUT2D eigenvalue weighted by Crippen LogP contribution is -2.37. The summed E-state index contributed by atoms with van der Waals surface area (Å²) in [4.78, 5) is 12.9. The Balaban J connectivity index is 1.54. The second-order valence-corrected chi connectivity index (χ2v) is 11.1. The molecule has 32 heavy (non-hydrogen) atoms. The highest BCUT2D eigenvalue weighted by molar-refractivity contribution is 7.93. The molecule has 0 saturated heterocycles. The molecule has 1 N–H and O–H groups in total. The molecule has 0 fully saturated rings. The first-order valence-corrected chi connectivity index (χ1v) is 12.9. The normalized spacial score (nSPS) is 15.6. The first-order valence-electron chi connectivity index (χ1n) is 10.2. The van der Waals surface area contributed by atoms with Gasteiger partial charge in [-0.3, -0.25) is 4.79 Å². The summed E-state index contributed by atoms with van der Waals surface area (Å²) in [5.41, 5.74) is 4.86. The second-order valence-electron chi connectivity index (χ2n) is 8.08. The fraction of sp³-hybridized carbons (Fsp3) is 0.318. The van der Waals surface area contributed by atoms with Crippen LogP contribution in [0.25, 0.3) is 0 Å². The van der Waals surface area contributed by atoms with Crippen LogP contribution in [0.1, 0.15) is 40.9 Å². The van der Waals surface area contributed by atoms with Crippen molar-refractivity contribution in [3.05, 3.63) is 69.2 Å². The van der Waals surface area contributed by atoms with Crippen molar-refractivity contribution in [3.8, 4) is 0 Å². The largest absolute Gasteiger partial charge is 0.349 e. The molecule has 1 aliphatic rings. The predicted octanol–water partition coefficient (Wildman–Crippen LogP) is 4.00. The molecular weight excluding hydrogens is 468 g/mol. The van der Waals surface area contributed by atoms with Gasteiger partial charge in [-0.2, -0.15) is 0 Å². The number of aryl methyl sites for hydroxylation is 1. The number of carbonyl (C=O) groups is 1. The van der Waals surface area contributed by atoms with Crippen molar-refractivity contribution in [1.82, 2.24) is 15.5 Å². The number of carbonyl (C=O) groups excluding carboxylic acids is 1. The zero-order valence-corrected chi connectivity index (χ0v) is 20.3. The van der Waals surface area contributed by atoms with E-state index in [9.17, 15) is 13.2 Å². The molecule has 1 heterocycles. The van der Waals surface area contributed by atoms with E-state index in [-0.39, 0.29) is 22.9 Å². The van der Waals surface area contributed by atoms with Gasteiger partial charge in [0.05, 0.1) is 4.90 Å². The highest BCUT2D eigenvalue weighted by atomic mass is 35.5. The number of hydrogen-bond acceptors (Lipinski definition) is 6. The van der Waals surface area contributed by atoms with Gasteiger partial charge >= 0.3 is 0 Å². The third-order valence-electron chi connectivity index (χ3n) is 5.44. The van der Waals surface area contributed by atoms with Crippen LogP contribution in [-0.2, 0) is 22.9 Å². The molecule has 2 aromatic carbocycles. The van der Waals surface area contributed by atoms with Crippen LogP contribution in [0.4, 0.5) is 5.13 Å². The van der Waals surface area contributed by atoms with Crippen molar-refractivity contribution >= 4 is 44.0 Å². The number of hydrogen-bond donors (Lipinski definition) is 1. The Hall–Kier alpha value is -2.49. The summed E-state index contributed by atoms with van der Waals surface area (Å²) in [6.45, 7) is 5.45. The SMILES string of the molecule is Cc1cc(Cl)ccc1C(=O)NC1Cc2ccc(S(=O)(=O)N(c3nncs3)C(C)C)cc2C1. The number of amides is 1. The van der Waals surface area contributed by atoms with E-state index in [1.165, 1.54) is 21.2 Å². The van der Waals surface area contributed by atoms with Gasteiger partial charge in [0.2, 0.25) is 5.13 Å². The fourth-order valence-electron chi connectivity index (χ4n) is 3.98. The Labute approximate surface area is 196 Å². The molecule has 1 aromatic heterocycles. The zero-order valence-electron chi connectivity index (χ0n) is 17.9. The molecule has 168 valence electrons. The summed E-state index contributed by atoms with van der Waals surface area (Å²) in [7, 11) is -3.80. The van der Waals surface area contributed by atoms with Crippen LogP contribution < -0.4 is 9.62 Å². The molecule has 4 rings (SSSR count). The van der Waals surface area contributed by atoms with Gasteiger partial charge in [0, 0.05) is 22.7 Å². The lowest BCUT2D eigenvalue weighted by atomic mass is 10.1. The molecule has 0 bridgehead atoms. The summed E-state index contributed by atoms with van der Waals surface area (Å²) in [5, 5.41) is 11.7. The molecule has 3 aromatic rings. The molecule has 10 heteroatoms. The summed E-state index contributed by atoms with van der Waals surface area (Å²) in [6.07, 6.45) is 1.22. The Morgan fingerprint density at radius 2 is 1.94 bits per heavy atom. The van der Waals surface area contributed by atoms with Crippen molar-refractivity contribution < 1.29 is 13.2 Å². The van der Waals surface area contributed by atoms with Gasteiger partial charge in [0.15, 0.2) is 0 Å². The monoisotopic (exact) mass is 490 g/mol. The van der Waals surface area contributed by atoms with Crippen LogP contribution in [0.5, 0.6) is 0 Å². The number of rotatable bonds is 6. The molecule has 1 unspecified atom stereocenters. The van der Waals surface area contributed by atoms with Gasteiger partial charge < -0.3 is 5.32 Å². The van der Waals surface area contributed by atoms with Gasteiger partial charge in [-0.25, -0.2) is 12.7 Å². The minimum absolute atomic E-state index is 0.102. The van der Waals surface area contributed by atoms with Crippen molar-refractivity contribution in [2.24, 2.45) is 0 Å². The van der Waals surface area contributed by atoms with Crippen LogP contribution in [0.3, 0.4) is 0 Å². The molecule has 1 aliphatic carbocycles. The summed E-state index contributed by atoms with van der Waals surface area (Å²) >= 11 is 7.17. The van der Waals surface area contributed by atoms with E-state index in [0.29, 0.717) is 28.6 Å². The average molecular weight is 491 g/mol. The zero-order chi connectivity index (χ0) is 23.0. The van der Waals surface area contributed by atoms with Gasteiger partial charge in [-0.05, 0) is 80.6 Å². The molecule has 0 radical (unpaired) electrons. The second kappa shape index (κ2) is 8.80. The standard InChI is InChI=1S/C22H23ClN4O3S2/c1-13(2)27(22-26-24-12-31-22)32(29,30)19-6-4-15-9-18(10-16(15)11-19)25-21(28)20-7-5-17(23)8-14(20)3/h4-8,11-13,18H,9-10H2,1-3H3,(H,25,28). The number of nitrogens with one attached hydrogen (secondary N) is 1. The fourth-order valence-corrected chi connectivity index (χ4v) is 6.78. The third kappa shape index (κ3) is 4.37. The topological polar surface area (TPSA) is 92.3 Å². The van der Waals surface area contributed by atoms with Crippen LogP contribution in [0.15, 0.2) is 46.8 Å². The number of halogens is 1. The number of aromatic nitrogens is 2. The minimum atomic E-state index is -3.80. The van der Waals surface area contributed by atoms with Crippen LogP contribution in [0.2, 0.25) is 5.02 Å². The summed E-state index contributed by atoms with van der Waals surface area (Å²) in [5.74, 6) is -0.160. The molecule has 0 spiro atoms. The van der Waals surface area contributed by atoms with Gasteiger partial charge in [-0.1, -0.05) is 29.0 Å². The number of nitrogens with zero attached hydrogens (tertiary/aromatic N) is 3. The van der Waals surface area contributed by atoms with E-state index < -0.39 is 10.0 Å². The molecule has 1 amide bonds. The maximum absolute atomic E-state index is 13.4. The van der Waals surface area contributed by atoms with Crippen LogP contribution in [-0.4, -0.2) is 36.6 Å². The van der Waals surface area contributed by atoms with Gasteiger partial charge in [-0.15, -0.1) is 10.2 Å². The molecule has 1 atom stereocenters. The van der Waals surface area contributed by atoms with E-state index in [2.05, 4.69) is 15.5 Å². The average Bonchev–Trinajstić information content (AvgIpc) is 3.36. The number of sulfonamides is 1. The smallest absolute Gasteiger partial charge is 0.266 e. The molecule has 7 nitrogen and oxygen atoms in total. The van der Waals surface area contributed by atoms with Crippen molar-refractivity contribution in [2.45, 2.75) is 50.6 Å². The maximum atomic E-state index is 13.4. The first-order chi connectivity index (χ1) is 15.2. The Morgan fingerprint density at radius 3 is 2.59 bits per heavy atom. The van der Waals surface area contributed by atoms with Crippen molar-refractivity contribution in [3.63, 3.8) is 0 Å². The Morgan fingerprint density at radius 1 is 1.19 bits per heavy atom. The quantitative estimate of drug-likeness (QED) is 0.563. The molecule has 0 aliphatic heterocycles. The Bertz CT molecular complexity index is 1260. The van der Waals surface area contributed by atoms with E-state index in [1.54, 1.807) is 44.2 Å². The van der Waals surface area contributed by atoms with E-state index in [4.69, 9.17) is 11.6 Å². The van der Waals surface area contributed by atoms with Crippen molar-refractivity contribution in [2.75, 3.05) is 4.31 Å². The summed E-state index contributed by atoms with van der Waals surface area (Å²) in [6, 6.07) is 9.93. The highest BCUT2D eigenvalue weighted by Crippen LogP contribution is 2.31. The van der Waals surface area contributed by atoms with Gasteiger partial charge in [0.25, 0.3) is 15.9 Å².